The third-order valence-corrected chi connectivity index (χ3v) is 6.13. The molecule has 10 heteroatoms. The van der Waals surface area contributed by atoms with E-state index >= 15 is 0 Å². The van der Waals surface area contributed by atoms with Crippen molar-refractivity contribution in [2.24, 2.45) is 0 Å². The predicted molar refractivity (Wildman–Crippen MR) is 118 cm³/mol. The first-order valence-corrected chi connectivity index (χ1v) is 11.2. The lowest BCUT2D eigenvalue weighted by Crippen LogP contribution is -2.17. The smallest absolute Gasteiger partial charge is 0.227 e. The molecule has 2 N–H and O–H groups in total. The van der Waals surface area contributed by atoms with Crippen LogP contribution in [0.4, 0.5) is 5.13 Å². The van der Waals surface area contributed by atoms with Gasteiger partial charge in [-0.15, -0.1) is 22.7 Å². The molecule has 8 nitrogen and oxygen atoms in total. The maximum Gasteiger partial charge on any atom is 0.227 e. The number of hydrogen-bond acceptors (Lipinski definition) is 8. The lowest BCUT2D eigenvalue weighted by molar-refractivity contribution is -0.119. The second kappa shape index (κ2) is 9.05. The van der Waals surface area contributed by atoms with Crippen molar-refractivity contribution in [1.29, 1.82) is 0 Å². The first kappa shape index (κ1) is 22.1. The van der Waals surface area contributed by atoms with E-state index in [-0.39, 0.29) is 23.7 Å². The molecule has 2 amide bonds. The SMILES string of the molecule is CC(=O)NCc1ccc(-c2nc(NC(=O)CCc3nc(C(C)(C)C)no3)sc2C)s1. The van der Waals surface area contributed by atoms with Crippen molar-refractivity contribution in [2.45, 2.75) is 59.4 Å². The summed E-state index contributed by atoms with van der Waals surface area (Å²) < 4.78 is 5.23. The zero-order valence-corrected chi connectivity index (χ0v) is 19.3. The zero-order valence-electron chi connectivity index (χ0n) is 17.7. The highest BCUT2D eigenvalue weighted by atomic mass is 32.1. The third kappa shape index (κ3) is 5.73. The molecule has 0 aliphatic rings. The van der Waals surface area contributed by atoms with E-state index in [1.54, 1.807) is 11.3 Å². The van der Waals surface area contributed by atoms with Gasteiger partial charge < -0.3 is 15.2 Å². The predicted octanol–water partition coefficient (Wildman–Crippen LogP) is 4.07. The van der Waals surface area contributed by atoms with Crippen LogP contribution in [0.1, 0.15) is 55.6 Å². The lowest BCUT2D eigenvalue weighted by atomic mass is 9.96. The van der Waals surface area contributed by atoms with Crippen molar-refractivity contribution >= 4 is 39.6 Å². The van der Waals surface area contributed by atoms with Crippen molar-refractivity contribution in [2.75, 3.05) is 5.32 Å². The van der Waals surface area contributed by atoms with E-state index in [4.69, 9.17) is 4.52 Å². The molecule has 0 unspecified atom stereocenters. The molecule has 3 heterocycles. The summed E-state index contributed by atoms with van der Waals surface area (Å²) in [6, 6.07) is 3.96. The zero-order chi connectivity index (χ0) is 21.9. The van der Waals surface area contributed by atoms with Gasteiger partial charge in [0.25, 0.3) is 0 Å². The summed E-state index contributed by atoms with van der Waals surface area (Å²) in [6.45, 7) is 9.99. The van der Waals surface area contributed by atoms with Crippen LogP contribution in [0.3, 0.4) is 0 Å². The molecule has 3 aromatic heterocycles. The summed E-state index contributed by atoms with van der Waals surface area (Å²) in [5, 5.41) is 10.2. The number of carbonyl (C=O) groups is 2. The Balaban J connectivity index is 1.58. The van der Waals surface area contributed by atoms with Gasteiger partial charge in [-0.3, -0.25) is 9.59 Å². The molecule has 0 atom stereocenters. The van der Waals surface area contributed by atoms with Crippen LogP contribution in [0, 0.1) is 6.92 Å². The second-order valence-electron chi connectivity index (χ2n) is 7.91. The Morgan fingerprint density at radius 1 is 1.17 bits per heavy atom. The van der Waals surface area contributed by atoms with E-state index < -0.39 is 0 Å². The summed E-state index contributed by atoms with van der Waals surface area (Å²) in [4.78, 5) is 35.4. The fourth-order valence-corrected chi connectivity index (χ4v) is 4.46. The first-order chi connectivity index (χ1) is 14.1. The number of hydrogen-bond donors (Lipinski definition) is 2. The van der Waals surface area contributed by atoms with Gasteiger partial charge in [0.2, 0.25) is 17.7 Å². The number of carbonyl (C=O) groups excluding carboxylic acids is 2. The van der Waals surface area contributed by atoms with E-state index in [2.05, 4.69) is 25.8 Å². The van der Waals surface area contributed by atoms with Crippen molar-refractivity contribution in [3.8, 4) is 10.6 Å². The van der Waals surface area contributed by atoms with Crippen LogP contribution in [0.25, 0.3) is 10.6 Å². The maximum absolute atomic E-state index is 12.3. The fraction of sp³-hybridized carbons (Fsp3) is 0.450. The molecule has 30 heavy (non-hydrogen) atoms. The minimum Gasteiger partial charge on any atom is -0.351 e. The van der Waals surface area contributed by atoms with Gasteiger partial charge in [-0.05, 0) is 19.1 Å². The topological polar surface area (TPSA) is 110 Å². The Labute approximate surface area is 183 Å². The highest BCUT2D eigenvalue weighted by molar-refractivity contribution is 7.18. The number of nitrogens with one attached hydrogen (secondary N) is 2. The van der Waals surface area contributed by atoms with Gasteiger partial charge in [0.1, 0.15) is 0 Å². The van der Waals surface area contributed by atoms with E-state index in [1.807, 2.05) is 39.8 Å². The summed E-state index contributed by atoms with van der Waals surface area (Å²) in [5.74, 6) is 0.876. The second-order valence-corrected chi connectivity index (χ2v) is 10.3. The molecule has 0 aromatic carbocycles. The molecule has 0 spiro atoms. The van der Waals surface area contributed by atoms with Crippen molar-refractivity contribution < 1.29 is 14.1 Å². The normalized spacial score (nSPS) is 11.5. The van der Waals surface area contributed by atoms with Gasteiger partial charge in [-0.2, -0.15) is 4.98 Å². The molecule has 0 aliphatic heterocycles. The molecule has 160 valence electrons. The van der Waals surface area contributed by atoms with Gasteiger partial charge in [0.05, 0.1) is 17.1 Å². The lowest BCUT2D eigenvalue weighted by Gasteiger charge is -2.10. The average Bonchev–Trinajstić information content (AvgIpc) is 3.37. The van der Waals surface area contributed by atoms with Crippen LogP contribution in [0.15, 0.2) is 16.7 Å². The Morgan fingerprint density at radius 3 is 2.60 bits per heavy atom. The number of aromatic nitrogens is 3. The monoisotopic (exact) mass is 447 g/mol. The standard InChI is InChI=1S/C20H25N5O3S2/c1-11-17(14-7-6-13(30-14)10-21-12(2)26)24-19(29-11)22-15(27)8-9-16-23-18(25-28-16)20(3,4)5/h6-7H,8-10H2,1-5H3,(H,21,26)(H,22,24,27). The van der Waals surface area contributed by atoms with E-state index in [0.717, 1.165) is 20.3 Å². The molecule has 3 rings (SSSR count). The summed E-state index contributed by atoms with van der Waals surface area (Å²) in [7, 11) is 0. The Bertz CT molecular complexity index is 1050. The first-order valence-electron chi connectivity index (χ1n) is 9.55. The van der Waals surface area contributed by atoms with E-state index in [1.165, 1.54) is 18.3 Å². The number of amides is 2. The summed E-state index contributed by atoms with van der Waals surface area (Å²) in [5.41, 5.74) is 0.656. The number of aryl methyl sites for hydroxylation is 2. The Hall–Kier alpha value is -2.59. The maximum atomic E-state index is 12.3. The molecule has 0 fully saturated rings. The highest BCUT2D eigenvalue weighted by Crippen LogP contribution is 2.34. The van der Waals surface area contributed by atoms with Gasteiger partial charge >= 0.3 is 0 Å². The molecular weight excluding hydrogens is 422 g/mol. The fourth-order valence-electron chi connectivity index (χ4n) is 2.55. The third-order valence-electron chi connectivity index (χ3n) is 4.15. The van der Waals surface area contributed by atoms with Crippen molar-refractivity contribution in [3.63, 3.8) is 0 Å². The van der Waals surface area contributed by atoms with Crippen LogP contribution >= 0.6 is 22.7 Å². The van der Waals surface area contributed by atoms with Crippen molar-refractivity contribution in [1.82, 2.24) is 20.4 Å². The van der Waals surface area contributed by atoms with E-state index in [9.17, 15) is 9.59 Å². The molecule has 3 aromatic rings. The molecule has 0 radical (unpaired) electrons. The van der Waals surface area contributed by atoms with Gasteiger partial charge in [-0.25, -0.2) is 4.98 Å². The van der Waals surface area contributed by atoms with Gasteiger partial charge in [0.15, 0.2) is 11.0 Å². The minimum absolute atomic E-state index is 0.0602. The molecule has 0 bridgehead atoms. The van der Waals surface area contributed by atoms with Crippen LogP contribution in [0.2, 0.25) is 0 Å². The van der Waals surface area contributed by atoms with Crippen LogP contribution in [0.5, 0.6) is 0 Å². The number of rotatable bonds is 7. The highest BCUT2D eigenvalue weighted by Gasteiger charge is 2.21. The van der Waals surface area contributed by atoms with E-state index in [0.29, 0.717) is 29.8 Å². The van der Waals surface area contributed by atoms with Crippen LogP contribution in [-0.2, 0) is 28.0 Å². The molecule has 0 aliphatic carbocycles. The number of nitrogens with zero attached hydrogens (tertiary/aromatic N) is 3. The largest absolute Gasteiger partial charge is 0.351 e. The average molecular weight is 448 g/mol. The number of thiophene rings is 1. The minimum atomic E-state index is -0.192. The number of anilines is 1. The molecule has 0 saturated carbocycles. The van der Waals surface area contributed by atoms with Gasteiger partial charge in [-0.1, -0.05) is 25.9 Å². The molecular formula is C20H25N5O3S2. The number of thiazole rings is 1. The quantitative estimate of drug-likeness (QED) is 0.565. The van der Waals surface area contributed by atoms with Gasteiger partial charge in [0, 0.05) is 34.9 Å². The summed E-state index contributed by atoms with van der Waals surface area (Å²) in [6.07, 6.45) is 0.614. The molecule has 0 saturated heterocycles. The van der Waals surface area contributed by atoms with Crippen LogP contribution in [-0.4, -0.2) is 26.9 Å². The Kier molecular flexibility index (Phi) is 6.67. The summed E-state index contributed by atoms with van der Waals surface area (Å²) >= 11 is 3.01. The Morgan fingerprint density at radius 2 is 1.93 bits per heavy atom. The van der Waals surface area contributed by atoms with Crippen LogP contribution < -0.4 is 10.6 Å². The van der Waals surface area contributed by atoms with Crippen molar-refractivity contribution in [3.05, 3.63) is 33.6 Å².